The van der Waals surface area contributed by atoms with Gasteiger partial charge in [-0.15, -0.1) is 0 Å². The van der Waals surface area contributed by atoms with Gasteiger partial charge in [0, 0.05) is 18.7 Å². The molecular weight excluding hydrogens is 414 g/mol. The SMILES string of the molecule is COc1cccc(/C=C2\C(=O)NN(c3ccccc3)C2=O)c1OCC(=O)N1CCOCC1. The molecule has 2 heterocycles. The second-order valence-corrected chi connectivity index (χ2v) is 7.14. The smallest absolute Gasteiger partial charge is 0.282 e. The van der Waals surface area contributed by atoms with E-state index in [1.54, 1.807) is 47.4 Å². The quantitative estimate of drug-likeness (QED) is 0.542. The third kappa shape index (κ3) is 4.42. The van der Waals surface area contributed by atoms with Crippen LogP contribution in [-0.2, 0) is 19.1 Å². The Morgan fingerprint density at radius 2 is 1.84 bits per heavy atom. The van der Waals surface area contributed by atoms with Crippen molar-refractivity contribution in [3.8, 4) is 11.5 Å². The van der Waals surface area contributed by atoms with E-state index in [1.807, 2.05) is 6.07 Å². The highest BCUT2D eigenvalue weighted by atomic mass is 16.5. The third-order valence-corrected chi connectivity index (χ3v) is 5.14. The molecule has 2 fully saturated rings. The van der Waals surface area contributed by atoms with E-state index in [-0.39, 0.29) is 23.8 Å². The molecule has 166 valence electrons. The van der Waals surface area contributed by atoms with E-state index in [0.717, 1.165) is 0 Å². The Hall–Kier alpha value is -3.85. The van der Waals surface area contributed by atoms with Crippen LogP contribution in [0.3, 0.4) is 0 Å². The molecule has 3 amide bonds. The molecule has 9 heteroatoms. The zero-order chi connectivity index (χ0) is 22.5. The first-order valence-electron chi connectivity index (χ1n) is 10.2. The van der Waals surface area contributed by atoms with Crippen molar-refractivity contribution in [3.63, 3.8) is 0 Å². The van der Waals surface area contributed by atoms with E-state index in [4.69, 9.17) is 14.2 Å². The lowest BCUT2D eigenvalue weighted by molar-refractivity contribution is -0.137. The minimum atomic E-state index is -0.531. The topological polar surface area (TPSA) is 97.4 Å². The number of ether oxygens (including phenoxy) is 3. The number of benzene rings is 2. The maximum Gasteiger partial charge on any atom is 0.282 e. The number of methoxy groups -OCH3 is 1. The molecule has 0 saturated carbocycles. The Morgan fingerprint density at radius 3 is 2.56 bits per heavy atom. The molecule has 2 aromatic rings. The summed E-state index contributed by atoms with van der Waals surface area (Å²) in [5.41, 5.74) is 3.51. The monoisotopic (exact) mass is 437 g/mol. The van der Waals surface area contributed by atoms with Crippen LogP contribution in [0.15, 0.2) is 54.1 Å². The molecule has 32 heavy (non-hydrogen) atoms. The van der Waals surface area contributed by atoms with Crippen LogP contribution in [0, 0.1) is 0 Å². The molecule has 0 aliphatic carbocycles. The highest BCUT2D eigenvalue weighted by molar-refractivity contribution is 6.31. The summed E-state index contributed by atoms with van der Waals surface area (Å²) in [7, 11) is 1.48. The van der Waals surface area contributed by atoms with Crippen LogP contribution in [0.2, 0.25) is 0 Å². The maximum atomic E-state index is 12.9. The zero-order valence-corrected chi connectivity index (χ0v) is 17.6. The van der Waals surface area contributed by atoms with Gasteiger partial charge in [-0.1, -0.05) is 30.3 Å². The Bertz CT molecular complexity index is 1050. The summed E-state index contributed by atoms with van der Waals surface area (Å²) in [6, 6.07) is 13.9. The number of hydrazine groups is 1. The van der Waals surface area contributed by atoms with Crippen LogP contribution in [0.25, 0.3) is 6.08 Å². The maximum absolute atomic E-state index is 12.9. The predicted molar refractivity (Wildman–Crippen MR) is 116 cm³/mol. The molecule has 0 bridgehead atoms. The second kappa shape index (κ2) is 9.52. The Morgan fingerprint density at radius 1 is 1.09 bits per heavy atom. The summed E-state index contributed by atoms with van der Waals surface area (Å²) < 4.78 is 16.5. The zero-order valence-electron chi connectivity index (χ0n) is 17.6. The van der Waals surface area contributed by atoms with E-state index in [9.17, 15) is 14.4 Å². The number of nitrogens with zero attached hydrogens (tertiary/aromatic N) is 2. The molecule has 0 spiro atoms. The van der Waals surface area contributed by atoms with Gasteiger partial charge in [0.15, 0.2) is 18.1 Å². The van der Waals surface area contributed by atoms with Gasteiger partial charge in [-0.2, -0.15) is 0 Å². The molecule has 9 nitrogen and oxygen atoms in total. The van der Waals surface area contributed by atoms with Crippen molar-refractivity contribution < 1.29 is 28.6 Å². The van der Waals surface area contributed by atoms with Crippen LogP contribution in [0.4, 0.5) is 5.69 Å². The first kappa shape index (κ1) is 21.4. The van der Waals surface area contributed by atoms with E-state index < -0.39 is 11.8 Å². The van der Waals surface area contributed by atoms with E-state index >= 15 is 0 Å². The molecule has 2 aliphatic rings. The lowest BCUT2D eigenvalue weighted by Crippen LogP contribution is -2.43. The number of anilines is 1. The number of hydrogen-bond acceptors (Lipinski definition) is 6. The van der Waals surface area contributed by atoms with Crippen molar-refractivity contribution >= 4 is 29.5 Å². The predicted octanol–water partition coefficient (Wildman–Crippen LogP) is 1.39. The molecule has 2 aliphatic heterocycles. The number of para-hydroxylation sites is 2. The molecule has 4 rings (SSSR count). The normalized spacial score (nSPS) is 17.5. The minimum absolute atomic E-state index is 0.0496. The number of carbonyl (C=O) groups excluding carboxylic acids is 3. The molecule has 0 unspecified atom stereocenters. The minimum Gasteiger partial charge on any atom is -0.493 e. The summed E-state index contributed by atoms with van der Waals surface area (Å²) in [6.07, 6.45) is 1.44. The van der Waals surface area contributed by atoms with E-state index in [0.29, 0.717) is 43.3 Å². The number of carbonyl (C=O) groups is 3. The third-order valence-electron chi connectivity index (χ3n) is 5.14. The van der Waals surface area contributed by atoms with Gasteiger partial charge in [-0.3, -0.25) is 19.8 Å². The fourth-order valence-electron chi connectivity index (χ4n) is 3.47. The first-order valence-corrected chi connectivity index (χ1v) is 10.2. The summed E-state index contributed by atoms with van der Waals surface area (Å²) in [5, 5.41) is 1.19. The van der Waals surface area contributed by atoms with Crippen molar-refractivity contribution in [2.45, 2.75) is 0 Å². The molecule has 0 aromatic heterocycles. The van der Waals surface area contributed by atoms with Crippen LogP contribution in [0.1, 0.15) is 5.56 Å². The van der Waals surface area contributed by atoms with E-state index in [1.165, 1.54) is 18.2 Å². The van der Waals surface area contributed by atoms with Crippen LogP contribution >= 0.6 is 0 Å². The summed E-state index contributed by atoms with van der Waals surface area (Å²) in [6.45, 7) is 1.80. The number of morpholine rings is 1. The standard InChI is InChI=1S/C23H23N3O6/c1-30-19-9-5-6-16(21(19)32-15-20(27)25-10-12-31-13-11-25)14-18-22(28)24-26(23(18)29)17-7-3-2-4-8-17/h2-9,14H,10-13,15H2,1H3,(H,24,28)/b18-14+. The summed E-state index contributed by atoms with van der Waals surface area (Å²) >= 11 is 0. The fraction of sp³-hybridized carbons (Fsp3) is 0.261. The fourth-order valence-corrected chi connectivity index (χ4v) is 3.47. The second-order valence-electron chi connectivity index (χ2n) is 7.14. The Labute approximate surface area is 185 Å². The number of hydrogen-bond donors (Lipinski definition) is 1. The van der Waals surface area contributed by atoms with Gasteiger partial charge < -0.3 is 19.1 Å². The van der Waals surface area contributed by atoms with Crippen LogP contribution in [-0.4, -0.2) is 62.6 Å². The lowest BCUT2D eigenvalue weighted by Gasteiger charge is -2.27. The lowest BCUT2D eigenvalue weighted by atomic mass is 10.1. The van der Waals surface area contributed by atoms with Crippen molar-refractivity contribution in [1.82, 2.24) is 10.3 Å². The van der Waals surface area contributed by atoms with Gasteiger partial charge in [0.05, 0.1) is 26.0 Å². The van der Waals surface area contributed by atoms with Gasteiger partial charge in [0.1, 0.15) is 5.57 Å². The van der Waals surface area contributed by atoms with Gasteiger partial charge in [0.2, 0.25) is 0 Å². The van der Waals surface area contributed by atoms with Crippen molar-refractivity contribution in [1.29, 1.82) is 0 Å². The highest BCUT2D eigenvalue weighted by Crippen LogP contribution is 2.33. The largest absolute Gasteiger partial charge is 0.493 e. The molecular formula is C23H23N3O6. The molecule has 1 N–H and O–H groups in total. The average molecular weight is 437 g/mol. The average Bonchev–Trinajstić information content (AvgIpc) is 3.12. The first-order chi connectivity index (χ1) is 15.6. The molecule has 2 saturated heterocycles. The van der Waals surface area contributed by atoms with Crippen molar-refractivity contribution in [2.75, 3.05) is 45.0 Å². The highest BCUT2D eigenvalue weighted by Gasteiger charge is 2.34. The van der Waals surface area contributed by atoms with Gasteiger partial charge >= 0.3 is 0 Å². The molecule has 2 aromatic carbocycles. The Kier molecular flexibility index (Phi) is 6.37. The molecule has 0 radical (unpaired) electrons. The number of amides is 3. The van der Waals surface area contributed by atoms with Gasteiger partial charge in [-0.05, 0) is 24.3 Å². The number of nitrogens with one attached hydrogen (secondary N) is 1. The summed E-state index contributed by atoms with van der Waals surface area (Å²) in [4.78, 5) is 39.6. The Balaban J connectivity index is 1.58. The van der Waals surface area contributed by atoms with Crippen LogP contribution < -0.4 is 19.9 Å². The van der Waals surface area contributed by atoms with Gasteiger partial charge in [0.25, 0.3) is 17.7 Å². The molecule has 0 atom stereocenters. The summed E-state index contributed by atoms with van der Waals surface area (Å²) in [5.74, 6) is -0.526. The number of rotatable bonds is 6. The van der Waals surface area contributed by atoms with Crippen molar-refractivity contribution in [2.24, 2.45) is 0 Å². The van der Waals surface area contributed by atoms with Crippen LogP contribution in [0.5, 0.6) is 11.5 Å². The van der Waals surface area contributed by atoms with Gasteiger partial charge in [-0.25, -0.2) is 5.01 Å². The van der Waals surface area contributed by atoms with E-state index in [2.05, 4.69) is 5.43 Å². The van der Waals surface area contributed by atoms with Crippen molar-refractivity contribution in [3.05, 3.63) is 59.7 Å².